The van der Waals surface area contributed by atoms with Crippen LogP contribution in [0.2, 0.25) is 0 Å². The topological polar surface area (TPSA) is 87.6 Å². The van der Waals surface area contributed by atoms with Crippen LogP contribution >= 0.6 is 0 Å². The third-order valence-corrected chi connectivity index (χ3v) is 2.48. The summed E-state index contributed by atoms with van der Waals surface area (Å²) in [5.74, 6) is 0. The Bertz CT molecular complexity index is 500. The monoisotopic (exact) mass is 218 g/mol. The Balaban J connectivity index is 2.38. The van der Waals surface area contributed by atoms with Crippen LogP contribution in [0, 0.1) is 0 Å². The van der Waals surface area contributed by atoms with Crippen molar-refractivity contribution in [2.24, 2.45) is 5.73 Å². The van der Waals surface area contributed by atoms with Crippen molar-refractivity contribution < 1.29 is 0 Å². The maximum Gasteiger partial charge on any atom is 0.267 e. The molecule has 0 unspecified atom stereocenters. The lowest BCUT2D eigenvalue weighted by molar-refractivity contribution is 0.829. The number of hydrogen-bond acceptors (Lipinski definition) is 3. The summed E-state index contributed by atoms with van der Waals surface area (Å²) in [6.07, 6.45) is 4.90. The van der Waals surface area contributed by atoms with Gasteiger partial charge in [-0.05, 0) is 31.5 Å². The third kappa shape index (κ3) is 2.04. The SMILES string of the molecule is NCCCc1c(-c2ccncc2)[nH][nH]c1=O. The van der Waals surface area contributed by atoms with Crippen molar-refractivity contribution in [3.8, 4) is 11.3 Å². The molecule has 0 aliphatic heterocycles. The van der Waals surface area contributed by atoms with Crippen molar-refractivity contribution in [3.05, 3.63) is 40.4 Å². The number of hydrogen-bond donors (Lipinski definition) is 3. The fourth-order valence-electron chi connectivity index (χ4n) is 1.67. The van der Waals surface area contributed by atoms with E-state index in [0.717, 1.165) is 23.2 Å². The summed E-state index contributed by atoms with van der Waals surface area (Å²) in [7, 11) is 0. The van der Waals surface area contributed by atoms with E-state index >= 15 is 0 Å². The summed E-state index contributed by atoms with van der Waals surface area (Å²) in [6.45, 7) is 0.584. The summed E-state index contributed by atoms with van der Waals surface area (Å²) < 4.78 is 0. The highest BCUT2D eigenvalue weighted by atomic mass is 16.1. The first-order chi connectivity index (χ1) is 7.83. The van der Waals surface area contributed by atoms with Gasteiger partial charge >= 0.3 is 0 Å². The fraction of sp³-hybridized carbons (Fsp3) is 0.273. The summed E-state index contributed by atoms with van der Waals surface area (Å²) in [6, 6.07) is 3.73. The smallest absolute Gasteiger partial charge is 0.267 e. The van der Waals surface area contributed by atoms with Crippen LogP contribution in [0.15, 0.2) is 29.3 Å². The van der Waals surface area contributed by atoms with E-state index in [1.165, 1.54) is 0 Å². The van der Waals surface area contributed by atoms with Crippen molar-refractivity contribution in [1.82, 2.24) is 15.2 Å². The second-order valence-corrected chi connectivity index (χ2v) is 3.56. The molecule has 0 saturated heterocycles. The molecule has 5 nitrogen and oxygen atoms in total. The minimum absolute atomic E-state index is 0.0692. The number of pyridine rings is 1. The van der Waals surface area contributed by atoms with Crippen LogP contribution in [0.3, 0.4) is 0 Å². The van der Waals surface area contributed by atoms with E-state index in [0.29, 0.717) is 13.0 Å². The molecule has 0 radical (unpaired) electrons. The first-order valence-electron chi connectivity index (χ1n) is 5.23. The Labute approximate surface area is 92.7 Å². The highest BCUT2D eigenvalue weighted by molar-refractivity contribution is 5.61. The molecule has 2 aromatic rings. The first kappa shape index (κ1) is 10.6. The molecule has 0 atom stereocenters. The van der Waals surface area contributed by atoms with Crippen molar-refractivity contribution >= 4 is 0 Å². The molecule has 0 aromatic carbocycles. The lowest BCUT2D eigenvalue weighted by Crippen LogP contribution is -2.09. The molecule has 0 fully saturated rings. The average molecular weight is 218 g/mol. The molecule has 4 N–H and O–H groups in total. The first-order valence-corrected chi connectivity index (χ1v) is 5.23. The van der Waals surface area contributed by atoms with Crippen molar-refractivity contribution in [2.75, 3.05) is 6.54 Å². The van der Waals surface area contributed by atoms with Crippen molar-refractivity contribution in [3.63, 3.8) is 0 Å². The highest BCUT2D eigenvalue weighted by Gasteiger charge is 2.10. The van der Waals surface area contributed by atoms with Gasteiger partial charge in [0.1, 0.15) is 0 Å². The lowest BCUT2D eigenvalue weighted by atomic mass is 10.1. The van der Waals surface area contributed by atoms with Gasteiger partial charge in [-0.1, -0.05) is 0 Å². The number of nitrogens with zero attached hydrogens (tertiary/aromatic N) is 1. The summed E-state index contributed by atoms with van der Waals surface area (Å²) >= 11 is 0. The van der Waals surface area contributed by atoms with Gasteiger partial charge in [0.05, 0.1) is 5.69 Å². The van der Waals surface area contributed by atoms with Crippen LogP contribution in [0.25, 0.3) is 11.3 Å². The van der Waals surface area contributed by atoms with Crippen LogP contribution in [0.5, 0.6) is 0 Å². The van der Waals surface area contributed by atoms with E-state index in [1.54, 1.807) is 12.4 Å². The number of nitrogens with two attached hydrogens (primary N) is 1. The molecule has 16 heavy (non-hydrogen) atoms. The molecule has 0 spiro atoms. The lowest BCUT2D eigenvalue weighted by Gasteiger charge is -2.01. The van der Waals surface area contributed by atoms with Gasteiger partial charge in [0.15, 0.2) is 0 Å². The van der Waals surface area contributed by atoms with Crippen molar-refractivity contribution in [1.29, 1.82) is 0 Å². The molecule has 2 rings (SSSR count). The molecular formula is C11H14N4O. The highest BCUT2D eigenvalue weighted by Crippen LogP contribution is 2.18. The Hall–Kier alpha value is -1.88. The van der Waals surface area contributed by atoms with Gasteiger partial charge in [-0.25, -0.2) is 0 Å². The van der Waals surface area contributed by atoms with Gasteiger partial charge in [-0.3, -0.25) is 20.0 Å². The van der Waals surface area contributed by atoms with E-state index < -0.39 is 0 Å². The Morgan fingerprint density at radius 3 is 2.69 bits per heavy atom. The number of rotatable bonds is 4. The minimum atomic E-state index is -0.0692. The average Bonchev–Trinajstić information content (AvgIpc) is 2.69. The zero-order chi connectivity index (χ0) is 11.4. The fourth-order valence-corrected chi connectivity index (χ4v) is 1.67. The molecular weight excluding hydrogens is 204 g/mol. The Kier molecular flexibility index (Phi) is 3.16. The predicted octanol–water partition coefficient (Wildman–Crippen LogP) is 0.656. The van der Waals surface area contributed by atoms with Gasteiger partial charge in [0.25, 0.3) is 5.56 Å². The van der Waals surface area contributed by atoms with Crippen LogP contribution in [-0.4, -0.2) is 21.7 Å². The molecule has 0 aliphatic carbocycles. The van der Waals surface area contributed by atoms with Gasteiger partial charge in [0, 0.05) is 23.5 Å². The second kappa shape index (κ2) is 4.76. The van der Waals surface area contributed by atoms with Gasteiger partial charge in [-0.15, -0.1) is 0 Å². The van der Waals surface area contributed by atoms with Gasteiger partial charge in [-0.2, -0.15) is 0 Å². The normalized spacial score (nSPS) is 10.6. The molecule has 84 valence electrons. The van der Waals surface area contributed by atoms with Crippen molar-refractivity contribution in [2.45, 2.75) is 12.8 Å². The van der Waals surface area contributed by atoms with E-state index in [-0.39, 0.29) is 5.56 Å². The maximum absolute atomic E-state index is 11.6. The van der Waals surface area contributed by atoms with E-state index in [1.807, 2.05) is 12.1 Å². The molecule has 0 saturated carbocycles. The standard InChI is InChI=1S/C11H14N4O/c12-5-1-2-9-10(14-15-11(9)16)8-3-6-13-7-4-8/h3-4,6-7H,1-2,5,12H2,(H2,14,15,16). The second-order valence-electron chi connectivity index (χ2n) is 3.56. The predicted molar refractivity (Wildman–Crippen MR) is 62.0 cm³/mol. The maximum atomic E-state index is 11.6. The molecule has 0 bridgehead atoms. The summed E-state index contributed by atoms with van der Waals surface area (Å²) in [4.78, 5) is 15.5. The van der Waals surface area contributed by atoms with E-state index in [4.69, 9.17) is 5.73 Å². The van der Waals surface area contributed by atoms with Gasteiger partial charge < -0.3 is 5.73 Å². The number of nitrogens with one attached hydrogen (secondary N) is 2. The Morgan fingerprint density at radius 1 is 1.25 bits per heavy atom. The number of aromatic amines is 2. The van der Waals surface area contributed by atoms with E-state index in [9.17, 15) is 4.79 Å². The van der Waals surface area contributed by atoms with E-state index in [2.05, 4.69) is 15.2 Å². The Morgan fingerprint density at radius 2 is 2.00 bits per heavy atom. The number of H-pyrrole nitrogens is 2. The summed E-state index contributed by atoms with van der Waals surface area (Å²) in [5.41, 5.74) is 7.94. The van der Waals surface area contributed by atoms with Crippen LogP contribution < -0.4 is 11.3 Å². The largest absolute Gasteiger partial charge is 0.330 e. The zero-order valence-corrected chi connectivity index (χ0v) is 8.86. The summed E-state index contributed by atoms with van der Waals surface area (Å²) in [5, 5.41) is 5.50. The quantitative estimate of drug-likeness (QED) is 0.704. The van der Waals surface area contributed by atoms with Crippen LogP contribution in [0.4, 0.5) is 0 Å². The third-order valence-electron chi connectivity index (χ3n) is 2.48. The molecule has 2 aromatic heterocycles. The number of aromatic nitrogens is 3. The molecule has 5 heteroatoms. The van der Waals surface area contributed by atoms with Crippen LogP contribution in [0.1, 0.15) is 12.0 Å². The van der Waals surface area contributed by atoms with Gasteiger partial charge in [0.2, 0.25) is 0 Å². The minimum Gasteiger partial charge on any atom is -0.330 e. The molecule has 2 heterocycles. The molecule has 0 aliphatic rings. The molecule has 0 amide bonds. The van der Waals surface area contributed by atoms with Crippen LogP contribution in [-0.2, 0) is 6.42 Å². The zero-order valence-electron chi connectivity index (χ0n) is 8.86.